The minimum absolute atomic E-state index is 0.183. The van der Waals surface area contributed by atoms with Gasteiger partial charge in [0.15, 0.2) is 0 Å². The van der Waals surface area contributed by atoms with Gasteiger partial charge < -0.3 is 0 Å². The van der Waals surface area contributed by atoms with Crippen LogP contribution in [0.5, 0.6) is 0 Å². The van der Waals surface area contributed by atoms with E-state index in [0.29, 0.717) is 5.56 Å². The van der Waals surface area contributed by atoms with Crippen LogP contribution in [-0.2, 0) is 0 Å². The Labute approximate surface area is 91.4 Å². The Bertz CT molecular complexity index is 509. The Balaban J connectivity index is 2.70. The quantitative estimate of drug-likeness (QED) is 0.685. The predicted octanol–water partition coefficient (Wildman–Crippen LogP) is 3.88. The molecule has 0 N–H and O–H groups in total. The number of hydrogen-bond acceptors (Lipinski definition) is 0. The molecule has 3 heteroatoms. The second kappa shape index (κ2) is 4.00. The third kappa shape index (κ3) is 1.81. The van der Waals surface area contributed by atoms with Crippen LogP contribution >= 0.6 is 0 Å². The van der Waals surface area contributed by atoms with E-state index in [0.717, 1.165) is 6.07 Å². The van der Waals surface area contributed by atoms with E-state index in [-0.39, 0.29) is 11.1 Å². The summed E-state index contributed by atoms with van der Waals surface area (Å²) in [5.41, 5.74) is -0.101. The van der Waals surface area contributed by atoms with Crippen molar-refractivity contribution in [3.05, 3.63) is 59.4 Å². The normalized spacial score (nSPS) is 10.5. The molecule has 0 aliphatic rings. The van der Waals surface area contributed by atoms with Crippen molar-refractivity contribution < 1.29 is 13.2 Å². The van der Waals surface area contributed by atoms with Gasteiger partial charge in [-0.2, -0.15) is 0 Å². The molecule has 0 spiro atoms. The smallest absolute Gasteiger partial charge is 0.134 e. The molecule has 0 unspecified atom stereocenters. The van der Waals surface area contributed by atoms with E-state index in [9.17, 15) is 13.2 Å². The SMILES string of the molecule is Cc1cc(F)c(-c2[c]cccc2F)c(F)c1. The molecule has 2 rings (SSSR count). The molecule has 0 saturated carbocycles. The van der Waals surface area contributed by atoms with Crippen LogP contribution in [0.15, 0.2) is 30.3 Å². The number of aryl methyl sites for hydroxylation is 1. The van der Waals surface area contributed by atoms with Gasteiger partial charge in [-0.1, -0.05) is 12.1 Å². The van der Waals surface area contributed by atoms with Gasteiger partial charge in [-0.15, -0.1) is 0 Å². The zero-order valence-electron chi connectivity index (χ0n) is 8.52. The molecule has 0 aliphatic heterocycles. The van der Waals surface area contributed by atoms with Crippen LogP contribution in [0, 0.1) is 30.4 Å². The number of rotatable bonds is 1. The molecule has 0 heterocycles. The van der Waals surface area contributed by atoms with Gasteiger partial charge in [0.05, 0.1) is 5.56 Å². The van der Waals surface area contributed by atoms with Crippen LogP contribution in [0.3, 0.4) is 0 Å². The van der Waals surface area contributed by atoms with Crippen molar-refractivity contribution >= 4 is 0 Å². The fourth-order valence-corrected chi connectivity index (χ4v) is 1.55. The second-order valence-corrected chi connectivity index (χ2v) is 3.50. The minimum atomic E-state index is -0.779. The zero-order chi connectivity index (χ0) is 11.7. The average molecular weight is 221 g/mol. The lowest BCUT2D eigenvalue weighted by Crippen LogP contribution is -1.94. The summed E-state index contributed by atoms with van der Waals surface area (Å²) in [5.74, 6) is -2.25. The van der Waals surface area contributed by atoms with Crippen molar-refractivity contribution in [1.82, 2.24) is 0 Å². The molecule has 16 heavy (non-hydrogen) atoms. The molecule has 0 saturated heterocycles. The average Bonchev–Trinajstić information content (AvgIpc) is 2.19. The molecule has 2 aromatic rings. The maximum atomic E-state index is 13.6. The van der Waals surface area contributed by atoms with Crippen molar-refractivity contribution in [2.75, 3.05) is 0 Å². The Hall–Kier alpha value is -1.77. The van der Waals surface area contributed by atoms with Crippen molar-refractivity contribution in [1.29, 1.82) is 0 Å². The Morgan fingerprint density at radius 2 is 1.62 bits per heavy atom. The molecule has 0 aromatic heterocycles. The Morgan fingerprint density at radius 3 is 2.19 bits per heavy atom. The van der Waals surface area contributed by atoms with Gasteiger partial charge in [-0.05, 0) is 36.8 Å². The molecule has 1 radical (unpaired) electrons. The summed E-state index contributed by atoms with van der Waals surface area (Å²) in [6, 6.07) is 8.81. The number of benzene rings is 2. The number of hydrogen-bond donors (Lipinski definition) is 0. The van der Waals surface area contributed by atoms with Crippen LogP contribution in [0.25, 0.3) is 11.1 Å². The van der Waals surface area contributed by atoms with Crippen LogP contribution in [0.1, 0.15) is 5.56 Å². The van der Waals surface area contributed by atoms with Crippen LogP contribution in [0.4, 0.5) is 13.2 Å². The molecule has 0 atom stereocenters. The molecular formula is C13H8F3. The summed E-state index contributed by atoms with van der Waals surface area (Å²) >= 11 is 0. The lowest BCUT2D eigenvalue weighted by atomic mass is 10.0. The van der Waals surface area contributed by atoms with E-state index in [2.05, 4.69) is 6.07 Å². The van der Waals surface area contributed by atoms with Crippen molar-refractivity contribution in [3.8, 4) is 11.1 Å². The molecule has 0 nitrogen and oxygen atoms in total. The topological polar surface area (TPSA) is 0 Å². The largest absolute Gasteiger partial charge is 0.206 e. The van der Waals surface area contributed by atoms with E-state index >= 15 is 0 Å². The first-order chi connectivity index (χ1) is 7.59. The highest BCUT2D eigenvalue weighted by molar-refractivity contribution is 5.65. The summed E-state index contributed by atoms with van der Waals surface area (Å²) in [6.07, 6.45) is 0. The summed E-state index contributed by atoms with van der Waals surface area (Å²) in [5, 5.41) is 0. The van der Waals surface area contributed by atoms with E-state index in [4.69, 9.17) is 0 Å². The number of halogens is 3. The summed E-state index contributed by atoms with van der Waals surface area (Å²) < 4.78 is 40.5. The second-order valence-electron chi connectivity index (χ2n) is 3.50. The first kappa shape index (κ1) is 10.7. The van der Waals surface area contributed by atoms with E-state index < -0.39 is 17.5 Å². The van der Waals surface area contributed by atoms with Crippen LogP contribution in [-0.4, -0.2) is 0 Å². The van der Waals surface area contributed by atoms with Crippen molar-refractivity contribution in [2.45, 2.75) is 6.92 Å². The molecule has 0 amide bonds. The summed E-state index contributed by atoms with van der Waals surface area (Å²) in [6.45, 7) is 1.57. The lowest BCUT2D eigenvalue weighted by molar-refractivity contribution is 0.580. The van der Waals surface area contributed by atoms with Crippen molar-refractivity contribution in [3.63, 3.8) is 0 Å². The highest BCUT2D eigenvalue weighted by Gasteiger charge is 2.15. The Morgan fingerprint density at radius 1 is 1.00 bits per heavy atom. The fraction of sp³-hybridized carbons (Fsp3) is 0.0769. The summed E-state index contributed by atoms with van der Waals surface area (Å²) in [4.78, 5) is 0. The molecule has 0 fully saturated rings. The van der Waals surface area contributed by atoms with Gasteiger partial charge in [-0.25, -0.2) is 13.2 Å². The third-order valence-electron chi connectivity index (χ3n) is 2.24. The zero-order valence-corrected chi connectivity index (χ0v) is 8.52. The first-order valence-electron chi connectivity index (χ1n) is 4.72. The highest BCUT2D eigenvalue weighted by Crippen LogP contribution is 2.28. The van der Waals surface area contributed by atoms with Gasteiger partial charge >= 0.3 is 0 Å². The molecule has 81 valence electrons. The molecular weight excluding hydrogens is 213 g/mol. The van der Waals surface area contributed by atoms with Gasteiger partial charge in [0.1, 0.15) is 17.5 Å². The van der Waals surface area contributed by atoms with Crippen LogP contribution < -0.4 is 0 Å². The maximum absolute atomic E-state index is 13.6. The van der Waals surface area contributed by atoms with Crippen LogP contribution in [0.2, 0.25) is 0 Å². The summed E-state index contributed by atoms with van der Waals surface area (Å²) in [7, 11) is 0. The van der Waals surface area contributed by atoms with Gasteiger partial charge in [0, 0.05) is 5.56 Å². The van der Waals surface area contributed by atoms with Gasteiger partial charge in [0.2, 0.25) is 0 Å². The highest BCUT2D eigenvalue weighted by atomic mass is 19.1. The lowest BCUT2D eigenvalue weighted by Gasteiger charge is -2.06. The molecule has 0 aliphatic carbocycles. The molecule has 0 bridgehead atoms. The van der Waals surface area contributed by atoms with Gasteiger partial charge in [0.25, 0.3) is 0 Å². The van der Waals surface area contributed by atoms with E-state index in [1.54, 1.807) is 6.92 Å². The first-order valence-corrected chi connectivity index (χ1v) is 4.72. The third-order valence-corrected chi connectivity index (χ3v) is 2.24. The van der Waals surface area contributed by atoms with E-state index in [1.807, 2.05) is 0 Å². The van der Waals surface area contributed by atoms with E-state index in [1.165, 1.54) is 24.3 Å². The van der Waals surface area contributed by atoms with Crippen molar-refractivity contribution in [2.24, 2.45) is 0 Å². The predicted molar refractivity (Wildman–Crippen MR) is 55.3 cm³/mol. The Kier molecular flexibility index (Phi) is 2.69. The van der Waals surface area contributed by atoms with Gasteiger partial charge in [-0.3, -0.25) is 0 Å². The standard InChI is InChI=1S/C13H8F3/c1-8-6-11(15)13(12(16)7-8)9-4-2-3-5-10(9)14/h2-3,5-7H,1H3. The monoisotopic (exact) mass is 221 g/mol. The maximum Gasteiger partial charge on any atom is 0.134 e. The minimum Gasteiger partial charge on any atom is -0.206 e. The molecule has 2 aromatic carbocycles. The fourth-order valence-electron chi connectivity index (χ4n) is 1.55.